The summed E-state index contributed by atoms with van der Waals surface area (Å²) >= 11 is 1.36. The van der Waals surface area contributed by atoms with Gasteiger partial charge in [-0.3, -0.25) is 48.4 Å². The number of imide groups is 1. The van der Waals surface area contributed by atoms with E-state index in [0.29, 0.717) is 69.8 Å². The molecule has 4 aromatic heterocycles. The fourth-order valence-corrected chi connectivity index (χ4v) is 18.0. The molecule has 6 aliphatic rings. The quantitative estimate of drug-likeness (QED) is 0.0128. The summed E-state index contributed by atoms with van der Waals surface area (Å²) in [4.78, 5) is 118. The van der Waals surface area contributed by atoms with E-state index in [2.05, 4.69) is 44.7 Å². The molecule has 13 rings (SSSR count). The molecule has 34 heteroatoms. The van der Waals surface area contributed by atoms with Crippen molar-refractivity contribution in [2.24, 2.45) is 16.2 Å². The minimum absolute atomic E-state index is 0.0892. The number of rotatable bonds is 33. The minimum atomic E-state index is -4.73. The second-order valence-electron chi connectivity index (χ2n) is 29.1. The molecule has 108 heavy (non-hydrogen) atoms. The molecule has 4 aliphatic carbocycles. The van der Waals surface area contributed by atoms with Gasteiger partial charge in [0.1, 0.15) is 54.8 Å². The van der Waals surface area contributed by atoms with Crippen molar-refractivity contribution >= 4 is 95.3 Å². The number of nitrogens with zero attached hydrogens (tertiary/aromatic N) is 7. The number of aliphatic hydroxyl groups is 3. The first-order chi connectivity index (χ1) is 51.4. The summed E-state index contributed by atoms with van der Waals surface area (Å²) in [5.74, 6) is -6.87. The van der Waals surface area contributed by atoms with Gasteiger partial charge in [-0.05, 0) is 129 Å². The first kappa shape index (κ1) is 77.7. The molecule has 1 saturated heterocycles. The highest BCUT2D eigenvalue weighted by atomic mass is 32.2. The largest absolute Gasteiger partial charge is 0.491 e. The zero-order valence-corrected chi connectivity index (χ0v) is 61.2. The number of aromatic nitrogens is 5. The van der Waals surface area contributed by atoms with Crippen LogP contribution in [0.4, 0.5) is 9.93 Å². The van der Waals surface area contributed by atoms with Gasteiger partial charge >= 0.3 is 18.0 Å². The average molecular weight is 1530 g/mol. The van der Waals surface area contributed by atoms with Crippen LogP contribution in [-0.4, -0.2) is 222 Å². The molecule has 6 heterocycles. The molecule has 32 nitrogen and oxygen atoms in total. The molecule has 2 unspecified atom stereocenters. The Hall–Kier alpha value is -9.91. The summed E-state index contributed by atoms with van der Waals surface area (Å²) in [5.41, 5.74) is 3.30. The summed E-state index contributed by atoms with van der Waals surface area (Å²) in [6.45, 7) is 6.54. The van der Waals surface area contributed by atoms with Gasteiger partial charge in [-0.1, -0.05) is 49.8 Å². The number of amides is 6. The van der Waals surface area contributed by atoms with Gasteiger partial charge in [0.05, 0.1) is 53.0 Å². The van der Waals surface area contributed by atoms with E-state index in [0.717, 1.165) is 65.1 Å². The number of pyridine rings is 2. The second kappa shape index (κ2) is 32.1. The number of carbonyl (C=O) groups is 8. The van der Waals surface area contributed by atoms with Crippen molar-refractivity contribution in [3.8, 4) is 33.9 Å². The van der Waals surface area contributed by atoms with Gasteiger partial charge in [0, 0.05) is 103 Å². The van der Waals surface area contributed by atoms with Gasteiger partial charge in [-0.2, -0.15) is 13.5 Å². The van der Waals surface area contributed by atoms with Gasteiger partial charge in [0.25, 0.3) is 27.8 Å². The highest BCUT2D eigenvalue weighted by molar-refractivity contribution is 7.85. The third kappa shape index (κ3) is 17.9. The normalized spacial score (nSPS) is 23.9. The number of aliphatic carboxylic acids is 1. The number of carboxylic acids is 2. The molecule has 3 aromatic carbocycles. The number of aromatic carboxylic acids is 1. The molecule has 0 spiro atoms. The molecule has 574 valence electrons. The summed E-state index contributed by atoms with van der Waals surface area (Å²) in [6.07, 6.45) is 1.11. The smallest absolute Gasteiger partial charge is 0.409 e. The van der Waals surface area contributed by atoms with E-state index in [1.807, 2.05) is 35.9 Å². The van der Waals surface area contributed by atoms with Crippen LogP contribution in [0, 0.1) is 23.2 Å². The summed E-state index contributed by atoms with van der Waals surface area (Å²) in [5, 5.41) is 66.0. The highest BCUT2D eigenvalue weighted by Gasteiger charge is 2.66. The molecule has 7 aromatic rings. The number of unbranched alkanes of at least 4 members (excludes halogenated alkanes) is 2. The number of hydrogen-bond acceptors (Lipinski definition) is 24. The molecule has 4 saturated carbocycles. The lowest BCUT2D eigenvalue weighted by molar-refractivity contribution is -0.271. The SMILES string of the molecule is Cc1c(-c2ccc(-c3cnc4cccc(C(=O)Nc5nc6ccccc6s5)c4c3)nc2C(=O)O)cnn1CC12CC3(C)CC(C)(C1)CC(OCCN(C)C(=O)OCc1ccc(OCCOCCNC(=O)[C@H](CS(=O)(=O)O)NC(=O)CCCCCN4C(=O)C=CC4=O)cc1O[C@@H]1O[C@H](C(=O)O)[C@@H](O)[C@H](O)[C@H]1O)(C3)C2. The summed E-state index contributed by atoms with van der Waals surface area (Å²) in [7, 11) is -3.18. The molecular formula is C74H84N10O22S2. The van der Waals surface area contributed by atoms with Crippen LogP contribution in [0.3, 0.4) is 0 Å². The Morgan fingerprint density at radius 2 is 1.56 bits per heavy atom. The Bertz CT molecular complexity index is 4710. The number of benzene rings is 3. The first-order valence-electron chi connectivity index (χ1n) is 35.2. The lowest BCUT2D eigenvalue weighted by atomic mass is 9.39. The molecule has 8 atom stereocenters. The van der Waals surface area contributed by atoms with Crippen LogP contribution in [0.15, 0.2) is 103 Å². The van der Waals surface area contributed by atoms with Crippen LogP contribution in [0.25, 0.3) is 43.5 Å². The van der Waals surface area contributed by atoms with E-state index in [9.17, 15) is 76.9 Å². The molecule has 0 radical (unpaired) electrons. The van der Waals surface area contributed by atoms with Crippen LogP contribution in [0.1, 0.15) is 110 Å². The minimum Gasteiger partial charge on any atom is -0.491 e. The van der Waals surface area contributed by atoms with E-state index < -0.39 is 106 Å². The van der Waals surface area contributed by atoms with Crippen LogP contribution in [0.5, 0.6) is 11.5 Å². The third-order valence-corrected chi connectivity index (χ3v) is 22.0. The fraction of sp³-hybridized carbons (Fsp3) is 0.459. The number of thiazole rings is 1. The van der Waals surface area contributed by atoms with Crippen molar-refractivity contribution in [1.82, 2.24) is 45.2 Å². The lowest BCUT2D eigenvalue weighted by Gasteiger charge is -2.69. The second-order valence-corrected chi connectivity index (χ2v) is 31.7. The maximum absolute atomic E-state index is 13.8. The van der Waals surface area contributed by atoms with Crippen molar-refractivity contribution in [3.63, 3.8) is 0 Å². The average Bonchev–Trinajstić information content (AvgIpc) is 0.842. The van der Waals surface area contributed by atoms with Crippen LogP contribution in [-0.2, 0) is 66.2 Å². The number of likely N-dealkylation sites (N-methyl/N-ethyl adjacent to an activating group) is 1. The van der Waals surface area contributed by atoms with E-state index >= 15 is 0 Å². The Balaban J connectivity index is 0.646. The predicted molar refractivity (Wildman–Crippen MR) is 387 cm³/mol. The number of para-hydroxylation sites is 1. The van der Waals surface area contributed by atoms with Crippen LogP contribution in [0.2, 0.25) is 0 Å². The van der Waals surface area contributed by atoms with Gasteiger partial charge in [0.15, 0.2) is 16.9 Å². The zero-order valence-electron chi connectivity index (χ0n) is 59.6. The van der Waals surface area contributed by atoms with E-state index in [4.69, 9.17) is 33.5 Å². The Kier molecular flexibility index (Phi) is 23.1. The van der Waals surface area contributed by atoms with Crippen LogP contribution < -0.4 is 25.4 Å². The van der Waals surface area contributed by atoms with E-state index in [1.54, 1.807) is 55.8 Å². The predicted octanol–water partition coefficient (Wildman–Crippen LogP) is 6.07. The fourth-order valence-electron chi connectivity index (χ4n) is 16.5. The van der Waals surface area contributed by atoms with Crippen molar-refractivity contribution in [2.45, 2.75) is 140 Å². The maximum atomic E-state index is 13.8. The van der Waals surface area contributed by atoms with Gasteiger partial charge in [-0.25, -0.2) is 24.4 Å². The van der Waals surface area contributed by atoms with Crippen molar-refractivity contribution < 1.29 is 105 Å². The monoisotopic (exact) mass is 1530 g/mol. The van der Waals surface area contributed by atoms with Crippen molar-refractivity contribution in [2.75, 3.05) is 64.2 Å². The van der Waals surface area contributed by atoms with Crippen molar-refractivity contribution in [3.05, 3.63) is 126 Å². The highest BCUT2D eigenvalue weighted by Crippen LogP contribution is 2.72. The maximum Gasteiger partial charge on any atom is 0.409 e. The van der Waals surface area contributed by atoms with E-state index in [1.165, 1.54) is 34.4 Å². The van der Waals surface area contributed by atoms with Gasteiger partial charge < -0.3 is 69.5 Å². The lowest BCUT2D eigenvalue weighted by Crippen LogP contribution is -2.64. The number of carbonyl (C=O) groups excluding carboxylic acids is 6. The molecular weight excluding hydrogens is 1440 g/mol. The number of anilines is 1. The zero-order chi connectivity index (χ0) is 77.0. The van der Waals surface area contributed by atoms with Crippen molar-refractivity contribution in [1.29, 1.82) is 0 Å². The Labute approximate surface area is 623 Å². The first-order valence-corrected chi connectivity index (χ1v) is 37.6. The van der Waals surface area contributed by atoms with Gasteiger partial charge in [-0.15, -0.1) is 0 Å². The standard InChI is InChI=1S/C74H84N10O22S2/c1-42-49(46-18-19-50(79-59(46)66(93)94)44-29-48-47(11-10-13-51(48)76-31-44)64(91)81-69-80-52-12-7-8-14-55(52)107-69)32-77-84(42)41-73-36-71(2)35-72(3,37-73)39-74(38-71,40-73)104-26-24-82(4)70(97)103-33-43-16-17-45(30-54(43)105-68-62(90)60(88)61(89)63(106-68)67(95)96)102-28-27-101-25-22-75-65(92)53(34-108(98,99)100)78-56(85)15-6-5-9-23-83-57(86)20-21-58(83)87/h7-8,10-14,16-21,29-32,53,60-63,68,88-90H,5-6,9,15,22-28,33-41H2,1-4H3,(H,75,92)(H,78,85)(H,93,94)(H,95,96)(H,80,81,91)(H,98,99,100)/t53-,60-,61-,62+,63-,68+,71?,72?,73?,74?/m0/s1. The Morgan fingerprint density at radius 1 is 0.806 bits per heavy atom. The number of aliphatic hydroxyl groups excluding tert-OH is 3. The Morgan fingerprint density at radius 3 is 2.29 bits per heavy atom. The molecule has 5 fully saturated rings. The number of nitrogens with one attached hydrogen (secondary N) is 3. The number of carboxylic acid groups (broad SMARTS) is 2. The molecule has 9 N–H and O–H groups in total. The topological polar surface area (TPSA) is 447 Å². The molecule has 4 bridgehead atoms. The third-order valence-electron chi connectivity index (χ3n) is 20.3. The van der Waals surface area contributed by atoms with E-state index in [-0.39, 0.29) is 104 Å². The molecule has 6 amide bonds. The van der Waals surface area contributed by atoms with Gasteiger partial charge in [0.2, 0.25) is 18.1 Å². The molecule has 2 aliphatic heterocycles. The number of fused-ring (bicyclic) bond motifs is 2. The van der Waals surface area contributed by atoms with Crippen LogP contribution >= 0.6 is 11.3 Å². The summed E-state index contributed by atoms with van der Waals surface area (Å²) in [6, 6.07) is 20.7. The summed E-state index contributed by atoms with van der Waals surface area (Å²) < 4.78 is 71.5. The number of ether oxygens (including phenoxy) is 6. The number of hydrogen-bond donors (Lipinski definition) is 9.